The molecule has 0 fully saturated rings. The van der Waals surface area contributed by atoms with Crippen LogP contribution in [-0.2, 0) is 14.4 Å². The summed E-state index contributed by atoms with van der Waals surface area (Å²) < 4.78 is 0. The number of rotatable bonds is 8. The van der Waals surface area contributed by atoms with E-state index in [-0.39, 0.29) is 6.54 Å². The Morgan fingerprint density at radius 2 is 1.94 bits per heavy atom. The number of carboxylic acid groups (broad SMARTS) is 1. The molecule has 0 heterocycles. The molecule has 0 saturated carbocycles. The van der Waals surface area contributed by atoms with Crippen LogP contribution in [0.25, 0.3) is 0 Å². The van der Waals surface area contributed by atoms with Crippen molar-refractivity contribution in [1.82, 2.24) is 10.6 Å². The maximum atomic E-state index is 11.3. The summed E-state index contributed by atoms with van der Waals surface area (Å²) in [6, 6.07) is -0.644. The fraction of sp³-hybridized carbons (Fsp3) is 0.667. The van der Waals surface area contributed by atoms with Crippen LogP contribution in [0, 0.1) is 0 Å². The summed E-state index contributed by atoms with van der Waals surface area (Å²) in [7, 11) is 0. The van der Waals surface area contributed by atoms with Gasteiger partial charge in [-0.15, -0.1) is 0 Å². The van der Waals surface area contributed by atoms with Crippen molar-refractivity contribution in [3.8, 4) is 0 Å². The highest BCUT2D eigenvalue weighted by atomic mass is 32.2. The van der Waals surface area contributed by atoms with Crippen LogP contribution < -0.4 is 16.4 Å². The van der Waals surface area contributed by atoms with Crippen LogP contribution in [0.5, 0.6) is 0 Å². The fourth-order valence-electron chi connectivity index (χ4n) is 0.911. The van der Waals surface area contributed by atoms with Crippen molar-refractivity contribution >= 4 is 29.5 Å². The van der Waals surface area contributed by atoms with Crippen molar-refractivity contribution < 1.29 is 19.5 Å². The molecule has 8 heteroatoms. The van der Waals surface area contributed by atoms with Gasteiger partial charge in [0.2, 0.25) is 11.8 Å². The number of nitrogens with two attached hydrogens (primary N) is 1. The SMILES string of the molecule is CSCC[C@H](N)C(=O)NCC(=O)NCC(=O)O. The standard InChI is InChI=1S/C9H17N3O4S/c1-17-3-2-6(10)9(16)12-4-7(13)11-5-8(14)15/h6H,2-5,10H2,1H3,(H,11,13)(H,12,16)(H,14,15)/t6-/m0/s1. The van der Waals surface area contributed by atoms with E-state index in [2.05, 4.69) is 10.6 Å². The summed E-state index contributed by atoms with van der Waals surface area (Å²) >= 11 is 1.58. The maximum Gasteiger partial charge on any atom is 0.322 e. The lowest BCUT2D eigenvalue weighted by atomic mass is 10.2. The number of aliphatic carboxylic acids is 1. The van der Waals surface area contributed by atoms with E-state index in [1.165, 1.54) is 0 Å². The molecule has 0 aliphatic heterocycles. The van der Waals surface area contributed by atoms with Gasteiger partial charge in [0.25, 0.3) is 0 Å². The van der Waals surface area contributed by atoms with Crippen LogP contribution in [-0.4, -0.2) is 54.0 Å². The van der Waals surface area contributed by atoms with E-state index in [1.54, 1.807) is 11.8 Å². The molecule has 0 radical (unpaired) electrons. The highest BCUT2D eigenvalue weighted by Crippen LogP contribution is 1.98. The molecule has 0 aromatic rings. The first-order chi connectivity index (χ1) is 7.97. The maximum absolute atomic E-state index is 11.3. The number of carbonyl (C=O) groups excluding carboxylic acids is 2. The van der Waals surface area contributed by atoms with Crippen molar-refractivity contribution in [2.75, 3.05) is 25.1 Å². The molecule has 2 amide bonds. The molecule has 0 saturated heterocycles. The molecule has 7 nitrogen and oxygen atoms in total. The molecule has 0 aromatic carbocycles. The summed E-state index contributed by atoms with van der Waals surface area (Å²) in [5.74, 6) is -1.34. The molecule has 17 heavy (non-hydrogen) atoms. The lowest BCUT2D eigenvalue weighted by Crippen LogP contribution is -2.45. The van der Waals surface area contributed by atoms with Gasteiger partial charge in [-0.05, 0) is 18.4 Å². The highest BCUT2D eigenvalue weighted by Gasteiger charge is 2.13. The number of thioether (sulfide) groups is 1. The lowest BCUT2D eigenvalue weighted by Gasteiger charge is -2.11. The summed E-state index contributed by atoms with van der Waals surface area (Å²) in [6.45, 7) is -0.730. The highest BCUT2D eigenvalue weighted by molar-refractivity contribution is 7.98. The van der Waals surface area contributed by atoms with Crippen LogP contribution in [0.15, 0.2) is 0 Å². The lowest BCUT2D eigenvalue weighted by molar-refractivity contribution is -0.137. The first-order valence-corrected chi connectivity index (χ1v) is 6.37. The van der Waals surface area contributed by atoms with Gasteiger partial charge >= 0.3 is 5.97 Å². The van der Waals surface area contributed by atoms with E-state index in [9.17, 15) is 14.4 Å². The van der Waals surface area contributed by atoms with Gasteiger partial charge in [0.1, 0.15) is 6.54 Å². The minimum atomic E-state index is -1.14. The number of hydrogen-bond donors (Lipinski definition) is 4. The molecular weight excluding hydrogens is 246 g/mol. The van der Waals surface area contributed by atoms with Gasteiger partial charge in [0.05, 0.1) is 12.6 Å². The van der Waals surface area contributed by atoms with E-state index in [0.717, 1.165) is 5.75 Å². The van der Waals surface area contributed by atoms with Crippen LogP contribution in [0.1, 0.15) is 6.42 Å². The third-order valence-corrected chi connectivity index (χ3v) is 2.47. The third kappa shape index (κ3) is 8.52. The van der Waals surface area contributed by atoms with Crippen LogP contribution in [0.3, 0.4) is 0 Å². The van der Waals surface area contributed by atoms with Crippen LogP contribution >= 0.6 is 11.8 Å². The second-order valence-electron chi connectivity index (χ2n) is 3.28. The van der Waals surface area contributed by atoms with Gasteiger partial charge in [-0.1, -0.05) is 0 Å². The molecule has 0 rings (SSSR count). The number of carboxylic acids is 1. The zero-order valence-electron chi connectivity index (χ0n) is 9.56. The monoisotopic (exact) mass is 263 g/mol. The zero-order chi connectivity index (χ0) is 13.3. The van der Waals surface area contributed by atoms with E-state index in [0.29, 0.717) is 6.42 Å². The molecule has 0 aliphatic carbocycles. The Hall–Kier alpha value is -1.28. The fourth-order valence-corrected chi connectivity index (χ4v) is 1.40. The largest absolute Gasteiger partial charge is 0.480 e. The van der Waals surface area contributed by atoms with Gasteiger partial charge in [0, 0.05) is 0 Å². The second-order valence-corrected chi connectivity index (χ2v) is 4.26. The van der Waals surface area contributed by atoms with Crippen molar-refractivity contribution in [2.24, 2.45) is 5.73 Å². The zero-order valence-corrected chi connectivity index (χ0v) is 10.4. The van der Waals surface area contributed by atoms with E-state index in [1.807, 2.05) is 6.26 Å². The number of hydrogen-bond acceptors (Lipinski definition) is 5. The molecule has 1 atom stereocenters. The first-order valence-electron chi connectivity index (χ1n) is 4.98. The topological polar surface area (TPSA) is 122 Å². The molecule has 98 valence electrons. The summed E-state index contributed by atoms with van der Waals surface area (Å²) in [5, 5.41) is 12.8. The number of carbonyl (C=O) groups is 3. The Kier molecular flexibility index (Phi) is 8.16. The smallest absolute Gasteiger partial charge is 0.322 e. The Labute approximate surface area is 104 Å². The second kappa shape index (κ2) is 8.82. The number of nitrogens with one attached hydrogen (secondary N) is 2. The van der Waals surface area contributed by atoms with Gasteiger partial charge < -0.3 is 21.5 Å². The Balaban J connectivity index is 3.75. The molecule has 0 aliphatic rings. The van der Waals surface area contributed by atoms with Crippen molar-refractivity contribution in [3.63, 3.8) is 0 Å². The Morgan fingerprint density at radius 1 is 1.29 bits per heavy atom. The molecule has 5 N–H and O–H groups in total. The van der Waals surface area contributed by atoms with Crippen LogP contribution in [0.4, 0.5) is 0 Å². The molecule has 0 unspecified atom stereocenters. The third-order valence-electron chi connectivity index (χ3n) is 1.83. The molecule has 0 aromatic heterocycles. The number of amides is 2. The Morgan fingerprint density at radius 3 is 2.47 bits per heavy atom. The van der Waals surface area contributed by atoms with Gasteiger partial charge in [-0.2, -0.15) is 11.8 Å². The predicted molar refractivity (Wildman–Crippen MR) is 64.6 cm³/mol. The predicted octanol–water partition coefficient (Wildman–Crippen LogP) is -1.62. The van der Waals surface area contributed by atoms with E-state index < -0.39 is 30.4 Å². The van der Waals surface area contributed by atoms with Gasteiger partial charge in [-0.25, -0.2) is 0 Å². The summed E-state index contributed by atoms with van der Waals surface area (Å²) in [6.07, 6.45) is 2.44. The quantitative estimate of drug-likeness (QED) is 0.418. The average Bonchev–Trinajstić information content (AvgIpc) is 2.30. The van der Waals surface area contributed by atoms with Gasteiger partial charge in [-0.3, -0.25) is 14.4 Å². The minimum absolute atomic E-state index is 0.265. The van der Waals surface area contributed by atoms with Crippen LogP contribution in [0.2, 0.25) is 0 Å². The minimum Gasteiger partial charge on any atom is -0.480 e. The summed E-state index contributed by atoms with van der Waals surface area (Å²) in [5.41, 5.74) is 5.56. The average molecular weight is 263 g/mol. The van der Waals surface area contributed by atoms with Crippen molar-refractivity contribution in [2.45, 2.75) is 12.5 Å². The first kappa shape index (κ1) is 15.7. The molecule has 0 spiro atoms. The molecular formula is C9H17N3O4S. The van der Waals surface area contributed by atoms with Gasteiger partial charge in [0.15, 0.2) is 0 Å². The Bertz CT molecular complexity index is 285. The normalized spacial score (nSPS) is 11.6. The van der Waals surface area contributed by atoms with Crippen molar-refractivity contribution in [3.05, 3.63) is 0 Å². The van der Waals surface area contributed by atoms with Crippen molar-refractivity contribution in [1.29, 1.82) is 0 Å². The molecule has 0 bridgehead atoms. The van der Waals surface area contributed by atoms with E-state index >= 15 is 0 Å². The van der Waals surface area contributed by atoms with E-state index in [4.69, 9.17) is 10.8 Å². The summed E-state index contributed by atoms with van der Waals surface area (Å²) in [4.78, 5) is 32.5.